The van der Waals surface area contributed by atoms with Crippen molar-refractivity contribution in [2.45, 2.75) is 38.1 Å². The number of halogens is 1. The summed E-state index contributed by atoms with van der Waals surface area (Å²) in [4.78, 5) is 64.1. The van der Waals surface area contributed by atoms with Gasteiger partial charge < -0.3 is 32.1 Å². The number of nitrogens with zero attached hydrogens (tertiary/aromatic N) is 2. The number of Topliss-reactive ketones (excluding diaryl/α,β-unsaturated/α-hetero) is 1. The van der Waals surface area contributed by atoms with E-state index in [9.17, 15) is 29.1 Å². The molecular formula is C24H36ClN9O6. The first kappa shape index (κ1) is 33.8. The zero-order valence-electron chi connectivity index (χ0n) is 22.1. The van der Waals surface area contributed by atoms with Crippen LogP contribution in [-0.2, 0) is 19.2 Å². The van der Waals surface area contributed by atoms with Gasteiger partial charge in [-0.25, -0.2) is 0 Å². The van der Waals surface area contributed by atoms with Gasteiger partial charge in [-0.15, -0.1) is 12.4 Å². The van der Waals surface area contributed by atoms with Gasteiger partial charge in [-0.2, -0.15) is 5.01 Å². The monoisotopic (exact) mass is 581 g/mol. The Balaban J connectivity index is 0.00000800. The van der Waals surface area contributed by atoms with E-state index in [4.69, 9.17) is 22.3 Å². The van der Waals surface area contributed by atoms with Gasteiger partial charge in [-0.05, 0) is 38.3 Å². The van der Waals surface area contributed by atoms with Gasteiger partial charge in [0.1, 0.15) is 12.4 Å². The van der Waals surface area contributed by atoms with Crippen LogP contribution in [0.3, 0.4) is 0 Å². The minimum absolute atomic E-state index is 0. The third-order valence-electron chi connectivity index (χ3n) is 6.23. The third kappa shape index (κ3) is 8.91. The van der Waals surface area contributed by atoms with Crippen LogP contribution in [0.2, 0.25) is 0 Å². The molecule has 0 saturated carbocycles. The van der Waals surface area contributed by atoms with Gasteiger partial charge >= 0.3 is 5.97 Å². The maximum atomic E-state index is 13.5. The van der Waals surface area contributed by atoms with Crippen molar-refractivity contribution in [3.05, 3.63) is 35.4 Å². The number of carboxylic acid groups (broad SMARTS) is 1. The van der Waals surface area contributed by atoms with E-state index >= 15 is 0 Å². The second-order valence-electron chi connectivity index (χ2n) is 9.02. The number of ketones is 1. The summed E-state index contributed by atoms with van der Waals surface area (Å²) in [6.45, 7) is 1.04. The molecule has 1 saturated heterocycles. The number of amides is 3. The van der Waals surface area contributed by atoms with Crippen LogP contribution >= 0.6 is 12.4 Å². The topological polar surface area (TPSA) is 248 Å². The molecule has 1 aliphatic rings. The largest absolute Gasteiger partial charge is 0.480 e. The SMILES string of the molecule is CC(=O)[C@@]1(CCCNC(=O)CCCNC(=N)N)C(=O)N(CC(=O)O)CCN1NC(=O)c1ccc(C(=N)N)cc1.Cl. The minimum atomic E-state index is -1.88. The van der Waals surface area contributed by atoms with Crippen molar-refractivity contribution in [3.63, 3.8) is 0 Å². The number of amidine groups is 1. The summed E-state index contributed by atoms with van der Waals surface area (Å²) in [7, 11) is 0. The van der Waals surface area contributed by atoms with Gasteiger partial charge in [-0.1, -0.05) is 12.1 Å². The number of hydrogen-bond acceptors (Lipinski definition) is 8. The van der Waals surface area contributed by atoms with Crippen LogP contribution in [0.5, 0.6) is 0 Å². The molecule has 3 amide bonds. The number of nitrogen functional groups attached to an aromatic ring is 1. The Hall–Kier alpha value is -4.24. The van der Waals surface area contributed by atoms with Crippen molar-refractivity contribution in [3.8, 4) is 0 Å². The van der Waals surface area contributed by atoms with Gasteiger partial charge in [0.05, 0.1) is 0 Å². The predicted molar refractivity (Wildman–Crippen MR) is 148 cm³/mol. The molecule has 1 heterocycles. The lowest BCUT2D eigenvalue weighted by Gasteiger charge is -2.47. The first-order chi connectivity index (χ1) is 18.4. The zero-order chi connectivity index (χ0) is 29.2. The number of nitrogens with two attached hydrogens (primary N) is 2. The van der Waals surface area contributed by atoms with E-state index in [2.05, 4.69) is 16.1 Å². The maximum absolute atomic E-state index is 13.5. The Morgan fingerprint density at radius 2 is 1.60 bits per heavy atom. The fourth-order valence-corrected chi connectivity index (χ4v) is 4.23. The highest BCUT2D eigenvalue weighted by atomic mass is 35.5. The van der Waals surface area contributed by atoms with E-state index in [1.165, 1.54) is 36.2 Å². The molecular weight excluding hydrogens is 546 g/mol. The molecule has 0 bridgehead atoms. The normalized spacial score (nSPS) is 16.8. The molecule has 1 aromatic carbocycles. The van der Waals surface area contributed by atoms with Gasteiger partial charge in [0.2, 0.25) is 5.91 Å². The Kier molecular flexibility index (Phi) is 13.0. The third-order valence-corrected chi connectivity index (χ3v) is 6.23. The lowest BCUT2D eigenvalue weighted by molar-refractivity contribution is -0.165. The van der Waals surface area contributed by atoms with E-state index < -0.39 is 35.7 Å². The number of aliphatic carboxylic acids is 1. The zero-order valence-corrected chi connectivity index (χ0v) is 22.9. The molecule has 16 heteroatoms. The average molecular weight is 582 g/mol. The van der Waals surface area contributed by atoms with Crippen molar-refractivity contribution in [2.24, 2.45) is 11.5 Å². The summed E-state index contributed by atoms with van der Waals surface area (Å²) in [6.07, 6.45) is 0.711. The Morgan fingerprint density at radius 1 is 1.00 bits per heavy atom. The lowest BCUT2D eigenvalue weighted by Crippen LogP contribution is -2.73. The Bertz CT molecular complexity index is 1130. The number of hydrogen-bond donors (Lipinski definition) is 8. The smallest absolute Gasteiger partial charge is 0.323 e. The fourth-order valence-electron chi connectivity index (χ4n) is 4.23. The predicted octanol–water partition coefficient (Wildman–Crippen LogP) is -1.25. The molecule has 0 spiro atoms. The number of guanidine groups is 1. The Labute approximate surface area is 237 Å². The van der Waals surface area contributed by atoms with Crippen LogP contribution in [0, 0.1) is 10.8 Å². The number of rotatable bonds is 14. The molecule has 0 unspecified atom stereocenters. The molecule has 0 aromatic heterocycles. The van der Waals surface area contributed by atoms with Crippen LogP contribution in [0.15, 0.2) is 24.3 Å². The first-order valence-corrected chi connectivity index (χ1v) is 12.3. The standard InChI is InChI=1S/C24H35N9O6.ClH/c1-15(34)24(9-3-11-29-18(35)4-2-10-30-23(27)28)22(39)32(14-19(36)37)12-13-33(24)31-21(38)17-7-5-16(6-8-17)20(25)26;/h5-8H,2-4,9-14H2,1H3,(H3,25,26)(H,29,35)(H,31,38)(H,36,37)(H4,27,28,30);1H/t24-;/m0./s1. The van der Waals surface area contributed by atoms with Crippen molar-refractivity contribution in [2.75, 3.05) is 32.7 Å². The molecule has 40 heavy (non-hydrogen) atoms. The molecule has 0 radical (unpaired) electrons. The van der Waals surface area contributed by atoms with Crippen molar-refractivity contribution < 1.29 is 29.1 Å². The number of hydrazine groups is 1. The van der Waals surface area contributed by atoms with Crippen molar-refractivity contribution in [1.29, 1.82) is 10.8 Å². The first-order valence-electron chi connectivity index (χ1n) is 12.3. The molecule has 1 fully saturated rings. The van der Waals surface area contributed by atoms with Gasteiger partial charge in [-0.3, -0.25) is 40.2 Å². The van der Waals surface area contributed by atoms with E-state index in [-0.39, 0.29) is 74.6 Å². The second-order valence-corrected chi connectivity index (χ2v) is 9.02. The molecule has 1 aromatic rings. The summed E-state index contributed by atoms with van der Waals surface area (Å²) in [5.74, 6) is -3.81. The van der Waals surface area contributed by atoms with Crippen LogP contribution in [0.4, 0.5) is 0 Å². The molecule has 2 rings (SSSR count). The lowest BCUT2D eigenvalue weighted by atomic mass is 9.84. The molecule has 10 N–H and O–H groups in total. The summed E-state index contributed by atoms with van der Waals surface area (Å²) in [5, 5.41) is 30.4. The molecule has 220 valence electrons. The second kappa shape index (κ2) is 15.4. The number of carbonyl (C=O) groups excluding carboxylic acids is 4. The Morgan fingerprint density at radius 3 is 2.15 bits per heavy atom. The van der Waals surface area contributed by atoms with E-state index in [1.54, 1.807) is 0 Å². The summed E-state index contributed by atoms with van der Waals surface area (Å²) in [5.41, 5.74) is 12.0. The average Bonchev–Trinajstić information content (AvgIpc) is 2.87. The molecule has 1 aliphatic heterocycles. The molecule has 0 aliphatic carbocycles. The van der Waals surface area contributed by atoms with Crippen molar-refractivity contribution >= 4 is 53.7 Å². The summed E-state index contributed by atoms with van der Waals surface area (Å²) >= 11 is 0. The summed E-state index contributed by atoms with van der Waals surface area (Å²) < 4.78 is 0. The molecule has 1 atom stereocenters. The fraction of sp³-hybridized carbons (Fsp3) is 0.458. The van der Waals surface area contributed by atoms with Crippen LogP contribution in [-0.4, -0.2) is 94.5 Å². The quantitative estimate of drug-likeness (QED) is 0.0561. The highest BCUT2D eigenvalue weighted by Gasteiger charge is 2.53. The van der Waals surface area contributed by atoms with Gasteiger partial charge in [0, 0.05) is 43.7 Å². The van der Waals surface area contributed by atoms with E-state index in [1.807, 2.05) is 0 Å². The minimum Gasteiger partial charge on any atom is -0.480 e. The van der Waals surface area contributed by atoms with Gasteiger partial charge in [0.25, 0.3) is 11.8 Å². The molecule has 15 nitrogen and oxygen atoms in total. The van der Waals surface area contributed by atoms with Crippen molar-refractivity contribution in [1.82, 2.24) is 26.0 Å². The number of benzene rings is 1. The number of carboxylic acids is 1. The highest BCUT2D eigenvalue weighted by molar-refractivity contribution is 6.11. The number of piperazine rings is 1. The van der Waals surface area contributed by atoms with Gasteiger partial charge in [0.15, 0.2) is 17.3 Å². The van der Waals surface area contributed by atoms with Crippen LogP contribution < -0.4 is 27.5 Å². The van der Waals surface area contributed by atoms with Crippen LogP contribution in [0.1, 0.15) is 48.5 Å². The number of nitrogens with one attached hydrogen (secondary N) is 5. The van der Waals surface area contributed by atoms with Crippen LogP contribution in [0.25, 0.3) is 0 Å². The summed E-state index contributed by atoms with van der Waals surface area (Å²) in [6, 6.07) is 5.88. The van der Waals surface area contributed by atoms with E-state index in [0.717, 1.165) is 4.90 Å². The van der Waals surface area contributed by atoms with E-state index in [0.29, 0.717) is 18.5 Å². The highest BCUT2D eigenvalue weighted by Crippen LogP contribution is 2.28. The number of carbonyl (C=O) groups is 5. The maximum Gasteiger partial charge on any atom is 0.323 e.